The summed E-state index contributed by atoms with van der Waals surface area (Å²) < 4.78 is 15.8. The molecule has 1 aliphatic heterocycles. The molecule has 0 fully saturated rings. The normalized spacial score (nSPS) is 13.5. The first-order chi connectivity index (χ1) is 9.74. The molecule has 1 N–H and O–H groups in total. The summed E-state index contributed by atoms with van der Waals surface area (Å²) in [5.74, 6) is 0.519. The summed E-state index contributed by atoms with van der Waals surface area (Å²) >= 11 is 0. The number of benzene rings is 2. The Morgan fingerprint density at radius 1 is 1.25 bits per heavy atom. The van der Waals surface area contributed by atoms with Crippen LogP contribution in [0.4, 0.5) is 10.1 Å². The number of para-hydroxylation sites is 1. The lowest BCUT2D eigenvalue weighted by Crippen LogP contribution is -1.94. The lowest BCUT2D eigenvalue weighted by Gasteiger charge is -2.05. The van der Waals surface area contributed by atoms with E-state index in [0.717, 1.165) is 35.6 Å². The van der Waals surface area contributed by atoms with Gasteiger partial charge in [-0.2, -0.15) is 0 Å². The molecule has 0 spiro atoms. The maximum atomic E-state index is 13.8. The summed E-state index contributed by atoms with van der Waals surface area (Å²) in [4.78, 5) is 4.47. The molecule has 0 amide bonds. The second-order valence-corrected chi connectivity index (χ2v) is 5.15. The quantitative estimate of drug-likeness (QED) is 0.732. The lowest BCUT2D eigenvalue weighted by atomic mass is 10.1. The third-order valence-electron chi connectivity index (χ3n) is 3.94. The zero-order valence-corrected chi connectivity index (χ0v) is 11.2. The molecule has 1 aliphatic rings. The zero-order valence-electron chi connectivity index (χ0n) is 11.2. The Morgan fingerprint density at radius 3 is 3.00 bits per heavy atom. The SMILES string of the molecule is Cn1c(-c2ccc3c(c2)NCC3)nc2c(F)cccc21. The van der Waals surface area contributed by atoms with E-state index < -0.39 is 0 Å². The van der Waals surface area contributed by atoms with Gasteiger partial charge in [-0.1, -0.05) is 18.2 Å². The summed E-state index contributed by atoms with van der Waals surface area (Å²) in [5, 5.41) is 3.36. The van der Waals surface area contributed by atoms with Crippen molar-refractivity contribution < 1.29 is 4.39 Å². The van der Waals surface area contributed by atoms with Crippen LogP contribution in [-0.4, -0.2) is 16.1 Å². The highest BCUT2D eigenvalue weighted by molar-refractivity contribution is 5.82. The van der Waals surface area contributed by atoms with Crippen molar-refractivity contribution in [2.75, 3.05) is 11.9 Å². The van der Waals surface area contributed by atoms with E-state index >= 15 is 0 Å². The molecule has 3 aromatic rings. The molecule has 1 aromatic heterocycles. The Hall–Kier alpha value is -2.36. The van der Waals surface area contributed by atoms with E-state index in [1.165, 1.54) is 11.6 Å². The largest absolute Gasteiger partial charge is 0.384 e. The van der Waals surface area contributed by atoms with Crippen molar-refractivity contribution in [3.05, 3.63) is 47.8 Å². The number of nitrogens with one attached hydrogen (secondary N) is 1. The van der Waals surface area contributed by atoms with Crippen molar-refractivity contribution in [2.24, 2.45) is 7.05 Å². The molecule has 4 rings (SSSR count). The summed E-state index contributed by atoms with van der Waals surface area (Å²) in [6.07, 6.45) is 1.06. The molecule has 0 bridgehead atoms. The number of hydrogen-bond acceptors (Lipinski definition) is 2. The van der Waals surface area contributed by atoms with Gasteiger partial charge in [0.2, 0.25) is 0 Å². The molecular weight excluding hydrogens is 253 g/mol. The number of anilines is 1. The van der Waals surface area contributed by atoms with Gasteiger partial charge < -0.3 is 9.88 Å². The molecule has 0 unspecified atom stereocenters. The molecule has 3 nitrogen and oxygen atoms in total. The molecule has 4 heteroatoms. The fourth-order valence-electron chi connectivity index (χ4n) is 2.87. The van der Waals surface area contributed by atoms with Gasteiger partial charge >= 0.3 is 0 Å². The van der Waals surface area contributed by atoms with Gasteiger partial charge in [0.25, 0.3) is 0 Å². The van der Waals surface area contributed by atoms with Crippen LogP contribution < -0.4 is 5.32 Å². The van der Waals surface area contributed by atoms with Crippen LogP contribution in [0.3, 0.4) is 0 Å². The maximum absolute atomic E-state index is 13.8. The van der Waals surface area contributed by atoms with Crippen LogP contribution in [0.5, 0.6) is 0 Å². The van der Waals surface area contributed by atoms with E-state index in [0.29, 0.717) is 5.52 Å². The van der Waals surface area contributed by atoms with Gasteiger partial charge in [0.15, 0.2) is 5.82 Å². The molecule has 0 radical (unpaired) electrons. The third-order valence-corrected chi connectivity index (χ3v) is 3.94. The van der Waals surface area contributed by atoms with Crippen LogP contribution in [0.2, 0.25) is 0 Å². The first kappa shape index (κ1) is 11.5. The first-order valence-electron chi connectivity index (χ1n) is 6.72. The second kappa shape index (κ2) is 4.07. The molecule has 20 heavy (non-hydrogen) atoms. The van der Waals surface area contributed by atoms with E-state index in [4.69, 9.17) is 0 Å². The van der Waals surface area contributed by atoms with Gasteiger partial charge in [-0.05, 0) is 30.2 Å². The van der Waals surface area contributed by atoms with E-state index in [1.54, 1.807) is 6.07 Å². The van der Waals surface area contributed by atoms with Gasteiger partial charge in [0.1, 0.15) is 11.3 Å². The number of nitrogens with zero attached hydrogens (tertiary/aromatic N) is 2. The Bertz CT molecular complexity index is 820. The zero-order chi connectivity index (χ0) is 13.7. The number of halogens is 1. The van der Waals surface area contributed by atoms with Crippen LogP contribution >= 0.6 is 0 Å². The second-order valence-electron chi connectivity index (χ2n) is 5.15. The third kappa shape index (κ3) is 1.54. The van der Waals surface area contributed by atoms with E-state index in [1.807, 2.05) is 17.7 Å². The molecule has 2 heterocycles. The lowest BCUT2D eigenvalue weighted by molar-refractivity contribution is 0.637. The number of rotatable bonds is 1. The fraction of sp³-hybridized carbons (Fsp3) is 0.188. The Morgan fingerprint density at radius 2 is 2.15 bits per heavy atom. The van der Waals surface area contributed by atoms with Crippen molar-refractivity contribution in [3.63, 3.8) is 0 Å². The molecule has 0 saturated heterocycles. The Labute approximate surface area is 116 Å². The average molecular weight is 267 g/mol. The minimum absolute atomic E-state index is 0.274. The van der Waals surface area contributed by atoms with Crippen molar-refractivity contribution in [1.29, 1.82) is 0 Å². The number of fused-ring (bicyclic) bond motifs is 2. The van der Waals surface area contributed by atoms with Gasteiger partial charge in [-0.25, -0.2) is 9.37 Å². The average Bonchev–Trinajstić information content (AvgIpc) is 3.04. The summed E-state index contributed by atoms with van der Waals surface area (Å²) in [6, 6.07) is 11.3. The van der Waals surface area contributed by atoms with Crippen molar-refractivity contribution >= 4 is 16.7 Å². The topological polar surface area (TPSA) is 29.9 Å². The highest BCUT2D eigenvalue weighted by Crippen LogP contribution is 2.30. The van der Waals surface area contributed by atoms with Crippen LogP contribution in [0.15, 0.2) is 36.4 Å². The highest BCUT2D eigenvalue weighted by atomic mass is 19.1. The van der Waals surface area contributed by atoms with E-state index in [2.05, 4.69) is 28.5 Å². The minimum atomic E-state index is -0.274. The van der Waals surface area contributed by atoms with Crippen molar-refractivity contribution in [2.45, 2.75) is 6.42 Å². The summed E-state index contributed by atoms with van der Waals surface area (Å²) in [7, 11) is 1.92. The number of imidazole rings is 1. The predicted molar refractivity (Wildman–Crippen MR) is 78.3 cm³/mol. The number of aryl methyl sites for hydroxylation is 1. The molecule has 0 aliphatic carbocycles. The van der Waals surface area contributed by atoms with Crippen LogP contribution in [-0.2, 0) is 13.5 Å². The molecule has 0 atom stereocenters. The van der Waals surface area contributed by atoms with Gasteiger partial charge in [0, 0.05) is 24.8 Å². The highest BCUT2D eigenvalue weighted by Gasteiger charge is 2.15. The number of aromatic nitrogens is 2. The summed E-state index contributed by atoms with van der Waals surface area (Å²) in [6.45, 7) is 0.982. The van der Waals surface area contributed by atoms with Gasteiger partial charge in [-0.15, -0.1) is 0 Å². The van der Waals surface area contributed by atoms with Crippen molar-refractivity contribution in [1.82, 2.24) is 9.55 Å². The van der Waals surface area contributed by atoms with E-state index in [-0.39, 0.29) is 5.82 Å². The molecule has 100 valence electrons. The molecule has 0 saturated carbocycles. The van der Waals surface area contributed by atoms with Gasteiger partial charge in [-0.3, -0.25) is 0 Å². The smallest absolute Gasteiger partial charge is 0.151 e. The van der Waals surface area contributed by atoms with Crippen LogP contribution in [0.1, 0.15) is 5.56 Å². The first-order valence-corrected chi connectivity index (χ1v) is 6.72. The predicted octanol–water partition coefficient (Wildman–Crippen LogP) is 3.35. The van der Waals surface area contributed by atoms with Crippen molar-refractivity contribution in [3.8, 4) is 11.4 Å². The van der Waals surface area contributed by atoms with Crippen LogP contribution in [0, 0.1) is 5.82 Å². The molecule has 2 aromatic carbocycles. The Kier molecular flexibility index (Phi) is 2.33. The van der Waals surface area contributed by atoms with Crippen LogP contribution in [0.25, 0.3) is 22.4 Å². The maximum Gasteiger partial charge on any atom is 0.151 e. The fourth-order valence-corrected chi connectivity index (χ4v) is 2.87. The summed E-state index contributed by atoms with van der Waals surface area (Å²) in [5.41, 5.74) is 4.75. The minimum Gasteiger partial charge on any atom is -0.384 e. The standard InChI is InChI=1S/C16H14FN3/c1-20-14-4-2-3-12(17)15(14)19-16(20)11-6-5-10-7-8-18-13(10)9-11/h2-6,9,18H,7-8H2,1H3. The molecular formula is C16H14FN3. The number of hydrogen-bond donors (Lipinski definition) is 1. The van der Waals surface area contributed by atoms with E-state index in [9.17, 15) is 4.39 Å². The Balaban J connectivity index is 1.94. The van der Waals surface area contributed by atoms with Gasteiger partial charge in [0.05, 0.1) is 5.52 Å². The monoisotopic (exact) mass is 267 g/mol.